The van der Waals surface area contributed by atoms with E-state index in [1.54, 1.807) is 6.08 Å². The SMILES string of the molecule is CC(C(=O)OC(C)(C)C)C1=CC(=O)CC(C)(C)C1. The summed E-state index contributed by atoms with van der Waals surface area (Å²) in [6, 6.07) is 0. The van der Waals surface area contributed by atoms with Crippen LogP contribution in [-0.2, 0) is 14.3 Å². The lowest BCUT2D eigenvalue weighted by atomic mass is 9.74. The average Bonchev–Trinajstić information content (AvgIpc) is 2.10. The fourth-order valence-corrected chi connectivity index (χ4v) is 2.22. The Morgan fingerprint density at radius 1 is 1.33 bits per heavy atom. The van der Waals surface area contributed by atoms with E-state index in [1.165, 1.54) is 0 Å². The first kappa shape index (κ1) is 14.9. The number of esters is 1. The Morgan fingerprint density at radius 3 is 2.33 bits per heavy atom. The fourth-order valence-electron chi connectivity index (χ4n) is 2.22. The molecule has 0 amide bonds. The molecule has 1 rings (SSSR count). The minimum atomic E-state index is -0.486. The summed E-state index contributed by atoms with van der Waals surface area (Å²) >= 11 is 0. The van der Waals surface area contributed by atoms with E-state index in [0.29, 0.717) is 6.42 Å². The normalized spacial score (nSPS) is 21.2. The molecule has 0 radical (unpaired) electrons. The zero-order chi connectivity index (χ0) is 14.1. The maximum Gasteiger partial charge on any atom is 0.313 e. The second kappa shape index (κ2) is 4.87. The predicted octanol–water partition coefficient (Wildman–Crippen LogP) is 3.28. The maximum atomic E-state index is 12.0. The molecular weight excluding hydrogens is 228 g/mol. The van der Waals surface area contributed by atoms with Crippen molar-refractivity contribution in [2.45, 2.75) is 60.0 Å². The molecule has 18 heavy (non-hydrogen) atoms. The molecule has 0 aromatic heterocycles. The van der Waals surface area contributed by atoms with Crippen LogP contribution in [0.1, 0.15) is 54.4 Å². The molecule has 1 aliphatic rings. The van der Waals surface area contributed by atoms with Crippen LogP contribution in [0, 0.1) is 11.3 Å². The highest BCUT2D eigenvalue weighted by Crippen LogP contribution is 2.37. The van der Waals surface area contributed by atoms with Crippen LogP contribution in [0.25, 0.3) is 0 Å². The van der Waals surface area contributed by atoms with Gasteiger partial charge in [-0.1, -0.05) is 19.4 Å². The largest absolute Gasteiger partial charge is 0.460 e. The van der Waals surface area contributed by atoms with Gasteiger partial charge in [0.25, 0.3) is 0 Å². The van der Waals surface area contributed by atoms with E-state index in [2.05, 4.69) is 13.8 Å². The highest BCUT2D eigenvalue weighted by atomic mass is 16.6. The Kier molecular flexibility index (Phi) is 4.04. The van der Waals surface area contributed by atoms with Crippen molar-refractivity contribution in [1.82, 2.24) is 0 Å². The molecule has 0 heterocycles. The second-order valence-electron chi connectivity index (χ2n) is 6.96. The van der Waals surface area contributed by atoms with Gasteiger partial charge >= 0.3 is 5.97 Å². The quantitative estimate of drug-likeness (QED) is 0.708. The Balaban J connectivity index is 2.81. The van der Waals surface area contributed by atoms with Crippen molar-refractivity contribution >= 4 is 11.8 Å². The summed E-state index contributed by atoms with van der Waals surface area (Å²) in [6.45, 7) is 11.5. The number of carbonyl (C=O) groups excluding carboxylic acids is 2. The molecule has 0 bridgehead atoms. The fraction of sp³-hybridized carbons (Fsp3) is 0.733. The Hall–Kier alpha value is -1.12. The third kappa shape index (κ3) is 4.28. The van der Waals surface area contributed by atoms with Crippen molar-refractivity contribution in [3.63, 3.8) is 0 Å². The lowest BCUT2D eigenvalue weighted by Crippen LogP contribution is -2.31. The molecule has 0 saturated carbocycles. The maximum absolute atomic E-state index is 12.0. The smallest absolute Gasteiger partial charge is 0.313 e. The van der Waals surface area contributed by atoms with Gasteiger partial charge in [0.05, 0.1) is 5.92 Å². The first-order valence-corrected chi connectivity index (χ1v) is 6.46. The number of ketones is 1. The van der Waals surface area contributed by atoms with Gasteiger partial charge in [-0.2, -0.15) is 0 Å². The monoisotopic (exact) mass is 252 g/mol. The van der Waals surface area contributed by atoms with Crippen LogP contribution in [0.4, 0.5) is 0 Å². The molecule has 0 spiro atoms. The first-order chi connectivity index (χ1) is 8.00. The van der Waals surface area contributed by atoms with Crippen LogP contribution in [0.15, 0.2) is 11.6 Å². The van der Waals surface area contributed by atoms with E-state index in [9.17, 15) is 9.59 Å². The number of ether oxygens (including phenoxy) is 1. The topological polar surface area (TPSA) is 43.4 Å². The van der Waals surface area contributed by atoms with Gasteiger partial charge in [-0.3, -0.25) is 9.59 Å². The van der Waals surface area contributed by atoms with Gasteiger partial charge in [0.1, 0.15) is 5.60 Å². The van der Waals surface area contributed by atoms with Crippen molar-refractivity contribution < 1.29 is 14.3 Å². The molecule has 3 nitrogen and oxygen atoms in total. The van der Waals surface area contributed by atoms with Crippen LogP contribution in [0.2, 0.25) is 0 Å². The number of hydrogen-bond acceptors (Lipinski definition) is 3. The summed E-state index contributed by atoms with van der Waals surface area (Å²) in [4.78, 5) is 23.7. The van der Waals surface area contributed by atoms with Crippen LogP contribution in [0.3, 0.4) is 0 Å². The average molecular weight is 252 g/mol. The standard InChI is InChI=1S/C15H24O3/c1-10(13(17)18-14(2,3)4)11-7-12(16)9-15(5,6)8-11/h7,10H,8-9H2,1-6H3. The summed E-state index contributed by atoms with van der Waals surface area (Å²) < 4.78 is 5.37. The van der Waals surface area contributed by atoms with E-state index in [0.717, 1.165) is 12.0 Å². The first-order valence-electron chi connectivity index (χ1n) is 6.46. The van der Waals surface area contributed by atoms with Crippen LogP contribution in [0.5, 0.6) is 0 Å². The number of allylic oxidation sites excluding steroid dienone is 1. The van der Waals surface area contributed by atoms with Gasteiger partial charge in [0.2, 0.25) is 0 Å². The van der Waals surface area contributed by atoms with Gasteiger partial charge in [-0.25, -0.2) is 0 Å². The molecule has 102 valence electrons. The number of carbonyl (C=O) groups is 2. The Morgan fingerprint density at radius 2 is 1.89 bits per heavy atom. The molecule has 1 atom stereocenters. The van der Waals surface area contributed by atoms with Gasteiger partial charge in [0.15, 0.2) is 5.78 Å². The van der Waals surface area contributed by atoms with Crippen molar-refractivity contribution in [1.29, 1.82) is 0 Å². The molecule has 0 fully saturated rings. The van der Waals surface area contributed by atoms with E-state index in [1.807, 2.05) is 27.7 Å². The van der Waals surface area contributed by atoms with E-state index in [-0.39, 0.29) is 23.1 Å². The molecule has 0 aromatic carbocycles. The molecular formula is C15H24O3. The zero-order valence-corrected chi connectivity index (χ0v) is 12.3. The van der Waals surface area contributed by atoms with Crippen molar-refractivity contribution in [2.24, 2.45) is 11.3 Å². The third-order valence-corrected chi connectivity index (χ3v) is 3.00. The molecule has 1 unspecified atom stereocenters. The predicted molar refractivity (Wildman–Crippen MR) is 71.1 cm³/mol. The van der Waals surface area contributed by atoms with Gasteiger partial charge < -0.3 is 4.74 Å². The lowest BCUT2D eigenvalue weighted by Gasteiger charge is -2.31. The van der Waals surface area contributed by atoms with Crippen LogP contribution < -0.4 is 0 Å². The summed E-state index contributed by atoms with van der Waals surface area (Å²) in [5, 5.41) is 0. The highest BCUT2D eigenvalue weighted by Gasteiger charge is 2.33. The number of hydrogen-bond donors (Lipinski definition) is 0. The molecule has 0 aromatic rings. The van der Waals surface area contributed by atoms with E-state index in [4.69, 9.17) is 4.74 Å². The minimum absolute atomic E-state index is 0.0581. The van der Waals surface area contributed by atoms with Gasteiger partial charge in [-0.05, 0) is 45.6 Å². The van der Waals surface area contributed by atoms with Crippen LogP contribution >= 0.6 is 0 Å². The Bertz CT molecular complexity index is 383. The summed E-state index contributed by atoms with van der Waals surface area (Å²) in [5.41, 5.74) is 0.350. The zero-order valence-electron chi connectivity index (χ0n) is 12.3. The second-order valence-corrected chi connectivity index (χ2v) is 6.96. The molecule has 0 N–H and O–H groups in total. The summed E-state index contributed by atoms with van der Waals surface area (Å²) in [5.74, 6) is -0.483. The minimum Gasteiger partial charge on any atom is -0.460 e. The van der Waals surface area contributed by atoms with Crippen molar-refractivity contribution in [3.8, 4) is 0 Å². The molecule has 3 heteroatoms. The third-order valence-electron chi connectivity index (χ3n) is 3.00. The summed E-state index contributed by atoms with van der Waals surface area (Å²) in [6.07, 6.45) is 2.95. The van der Waals surface area contributed by atoms with Gasteiger partial charge in [-0.15, -0.1) is 0 Å². The lowest BCUT2D eigenvalue weighted by molar-refractivity contribution is -0.158. The molecule has 0 aliphatic heterocycles. The van der Waals surface area contributed by atoms with E-state index < -0.39 is 5.60 Å². The van der Waals surface area contributed by atoms with Crippen molar-refractivity contribution in [3.05, 3.63) is 11.6 Å². The highest BCUT2D eigenvalue weighted by molar-refractivity contribution is 5.93. The number of rotatable bonds is 2. The van der Waals surface area contributed by atoms with Crippen LogP contribution in [-0.4, -0.2) is 17.4 Å². The summed E-state index contributed by atoms with van der Waals surface area (Å²) in [7, 11) is 0. The van der Waals surface area contributed by atoms with Gasteiger partial charge in [0, 0.05) is 6.42 Å². The molecule has 1 aliphatic carbocycles. The van der Waals surface area contributed by atoms with E-state index >= 15 is 0 Å². The van der Waals surface area contributed by atoms with Crippen molar-refractivity contribution in [2.75, 3.05) is 0 Å². The molecule has 0 saturated heterocycles. The Labute approximate surface area is 110 Å².